The Hall–Kier alpha value is -1.54. The molecule has 1 fully saturated rings. The average molecular weight is 574 g/mol. The van der Waals surface area contributed by atoms with Crippen LogP contribution in [-0.4, -0.2) is 23.6 Å². The first-order valence-corrected chi connectivity index (χ1v) is 12.7. The Kier molecular flexibility index (Phi) is 7.17. The molecule has 0 aromatic heterocycles. The number of thioether (sulfide) groups is 1. The lowest BCUT2D eigenvalue weighted by Crippen LogP contribution is -2.43. The van der Waals surface area contributed by atoms with Gasteiger partial charge in [-0.1, -0.05) is 23.4 Å². The second-order valence-electron chi connectivity index (χ2n) is 6.67. The summed E-state index contributed by atoms with van der Waals surface area (Å²) in [5, 5.41) is 2.11. The molecule has 1 aliphatic heterocycles. The quantitative estimate of drug-likeness (QED) is 0.312. The molecule has 9 heteroatoms. The highest BCUT2D eigenvalue weighted by molar-refractivity contribution is 14.1. The van der Waals surface area contributed by atoms with Crippen molar-refractivity contribution in [3.63, 3.8) is 0 Å². The van der Waals surface area contributed by atoms with Crippen LogP contribution in [0.2, 0.25) is 5.02 Å². The molecule has 1 heterocycles. The lowest BCUT2D eigenvalue weighted by molar-refractivity contribution is -0.120. The molecule has 0 aliphatic carbocycles. The van der Waals surface area contributed by atoms with Crippen molar-refractivity contribution < 1.29 is 18.0 Å². The molecule has 1 atom stereocenters. The molecule has 30 heavy (non-hydrogen) atoms. The van der Waals surface area contributed by atoms with Gasteiger partial charge in [-0.15, -0.1) is 0 Å². The van der Waals surface area contributed by atoms with Gasteiger partial charge in [0.1, 0.15) is 0 Å². The van der Waals surface area contributed by atoms with E-state index in [4.69, 9.17) is 11.6 Å². The summed E-state index contributed by atoms with van der Waals surface area (Å²) >= 11 is 8.54. The van der Waals surface area contributed by atoms with E-state index in [-0.39, 0.29) is 11.3 Å². The van der Waals surface area contributed by atoms with Crippen molar-refractivity contribution in [3.05, 3.63) is 62.2 Å². The monoisotopic (exact) mass is 573 g/mol. The van der Waals surface area contributed by atoms with E-state index in [1.807, 2.05) is 19.1 Å². The van der Waals surface area contributed by atoms with Gasteiger partial charge in [0.2, 0.25) is 13.9 Å². The molecule has 2 amide bonds. The highest BCUT2D eigenvalue weighted by Crippen LogP contribution is 2.44. The standard InChI is InChI=1S/C21H17ClINO4S2/c1-14-13-16(22)7-6-15(14)5-3-2-4-12-21(19(25)24-20(26)29-21)30(27,28)18-10-8-17(23)9-11-18/h6-11,13H,2,4,12H2,1H3,(H,24,25,26). The summed E-state index contributed by atoms with van der Waals surface area (Å²) in [4.78, 5) is 24.5. The lowest BCUT2D eigenvalue weighted by atomic mass is 10.1. The smallest absolute Gasteiger partial charge is 0.285 e. The van der Waals surface area contributed by atoms with Crippen LogP contribution in [0.4, 0.5) is 4.79 Å². The van der Waals surface area contributed by atoms with Gasteiger partial charge in [0, 0.05) is 20.6 Å². The van der Waals surface area contributed by atoms with Crippen molar-refractivity contribution >= 4 is 66.9 Å². The maximum atomic E-state index is 13.3. The van der Waals surface area contributed by atoms with E-state index in [2.05, 4.69) is 39.7 Å². The number of nitrogens with one attached hydrogen (secondary N) is 1. The van der Waals surface area contributed by atoms with E-state index in [0.29, 0.717) is 29.6 Å². The first-order valence-electron chi connectivity index (χ1n) is 8.95. The second-order valence-corrected chi connectivity index (χ2v) is 12.1. The molecular weight excluding hydrogens is 557 g/mol. The normalized spacial score (nSPS) is 18.6. The number of halogens is 2. The molecule has 2 aromatic rings. The van der Waals surface area contributed by atoms with Gasteiger partial charge in [-0.2, -0.15) is 0 Å². The minimum absolute atomic E-state index is 0.0160. The molecule has 1 saturated heterocycles. The zero-order valence-electron chi connectivity index (χ0n) is 15.9. The molecule has 1 aliphatic rings. The van der Waals surface area contributed by atoms with Crippen LogP contribution in [-0.2, 0) is 14.6 Å². The number of aryl methyl sites for hydroxylation is 1. The molecule has 2 aromatic carbocycles. The summed E-state index contributed by atoms with van der Waals surface area (Å²) in [6, 6.07) is 11.6. The maximum Gasteiger partial charge on any atom is 0.287 e. The van der Waals surface area contributed by atoms with Crippen molar-refractivity contribution in [2.75, 3.05) is 0 Å². The first-order chi connectivity index (χ1) is 14.2. The van der Waals surface area contributed by atoms with E-state index in [1.54, 1.807) is 18.2 Å². The fourth-order valence-electron chi connectivity index (χ4n) is 3.02. The van der Waals surface area contributed by atoms with Crippen molar-refractivity contribution in [3.8, 4) is 11.8 Å². The van der Waals surface area contributed by atoms with Crippen LogP contribution in [0.25, 0.3) is 0 Å². The predicted octanol–water partition coefficient (Wildman–Crippen LogP) is 4.93. The Bertz CT molecular complexity index is 1170. The number of hydrogen-bond acceptors (Lipinski definition) is 5. The summed E-state index contributed by atoms with van der Waals surface area (Å²) < 4.78 is 25.6. The van der Waals surface area contributed by atoms with E-state index in [0.717, 1.165) is 14.7 Å². The predicted molar refractivity (Wildman–Crippen MR) is 127 cm³/mol. The van der Waals surface area contributed by atoms with Crippen LogP contribution in [0, 0.1) is 22.3 Å². The number of carbonyl (C=O) groups is 2. The molecule has 156 valence electrons. The second kappa shape index (κ2) is 9.30. The van der Waals surface area contributed by atoms with Crippen molar-refractivity contribution in [2.24, 2.45) is 0 Å². The number of rotatable bonds is 5. The fourth-order valence-corrected chi connectivity index (χ4v) is 6.98. The van der Waals surface area contributed by atoms with Crippen LogP contribution >= 0.6 is 46.0 Å². The van der Waals surface area contributed by atoms with Gasteiger partial charge in [0.25, 0.3) is 11.1 Å². The van der Waals surface area contributed by atoms with Crippen LogP contribution in [0.15, 0.2) is 47.4 Å². The Balaban J connectivity index is 1.80. The zero-order valence-corrected chi connectivity index (χ0v) is 20.4. The Morgan fingerprint density at radius 2 is 1.87 bits per heavy atom. The SMILES string of the molecule is Cc1cc(Cl)ccc1C#CCCCC1(S(=O)(=O)c2ccc(I)cc2)SC(=O)NC1=O. The number of benzene rings is 2. The highest BCUT2D eigenvalue weighted by Gasteiger charge is 2.57. The molecule has 0 radical (unpaired) electrons. The topological polar surface area (TPSA) is 80.3 Å². The Morgan fingerprint density at radius 1 is 1.17 bits per heavy atom. The fraction of sp³-hybridized carbons (Fsp3) is 0.238. The van der Waals surface area contributed by atoms with Gasteiger partial charge < -0.3 is 0 Å². The minimum Gasteiger partial charge on any atom is -0.285 e. The number of hydrogen-bond donors (Lipinski definition) is 1. The van der Waals surface area contributed by atoms with E-state index >= 15 is 0 Å². The summed E-state index contributed by atoms with van der Waals surface area (Å²) in [6.07, 6.45) is 0.711. The van der Waals surface area contributed by atoms with E-state index < -0.39 is 25.1 Å². The number of carbonyl (C=O) groups excluding carboxylic acids is 2. The third-order valence-corrected chi connectivity index (χ3v) is 9.62. The third kappa shape index (κ3) is 4.69. The van der Waals surface area contributed by atoms with Crippen LogP contribution in [0.3, 0.4) is 0 Å². The summed E-state index contributed by atoms with van der Waals surface area (Å²) in [6.45, 7) is 1.91. The number of sulfone groups is 1. The molecule has 5 nitrogen and oxygen atoms in total. The van der Waals surface area contributed by atoms with Crippen molar-refractivity contribution in [1.29, 1.82) is 0 Å². The highest BCUT2D eigenvalue weighted by atomic mass is 127. The van der Waals surface area contributed by atoms with Gasteiger partial charge in [0.15, 0.2) is 0 Å². The van der Waals surface area contributed by atoms with Gasteiger partial charge >= 0.3 is 0 Å². The maximum absolute atomic E-state index is 13.3. The van der Waals surface area contributed by atoms with Crippen molar-refractivity contribution in [2.45, 2.75) is 35.2 Å². The molecular formula is C21H17ClINO4S2. The summed E-state index contributed by atoms with van der Waals surface area (Å²) in [5.74, 6) is 5.26. The minimum atomic E-state index is -4.09. The van der Waals surface area contributed by atoms with Crippen LogP contribution in [0.5, 0.6) is 0 Å². The molecule has 0 bridgehead atoms. The summed E-state index contributed by atoms with van der Waals surface area (Å²) in [7, 11) is -4.09. The molecule has 1 unspecified atom stereocenters. The number of amides is 2. The Morgan fingerprint density at radius 3 is 2.47 bits per heavy atom. The van der Waals surface area contributed by atoms with Gasteiger partial charge in [-0.3, -0.25) is 14.9 Å². The van der Waals surface area contributed by atoms with Gasteiger partial charge in [0.05, 0.1) is 4.90 Å². The zero-order chi connectivity index (χ0) is 21.9. The molecule has 1 N–H and O–H groups in total. The number of imide groups is 1. The summed E-state index contributed by atoms with van der Waals surface area (Å²) in [5.41, 5.74) is 1.79. The first kappa shape index (κ1) is 23.1. The Labute approximate surface area is 198 Å². The average Bonchev–Trinajstić information content (AvgIpc) is 2.98. The van der Waals surface area contributed by atoms with Gasteiger partial charge in [-0.25, -0.2) is 8.42 Å². The molecule has 3 rings (SSSR count). The largest absolute Gasteiger partial charge is 0.287 e. The number of unbranched alkanes of at least 4 members (excludes halogenated alkanes) is 1. The van der Waals surface area contributed by atoms with E-state index in [1.165, 1.54) is 12.1 Å². The van der Waals surface area contributed by atoms with Crippen LogP contribution in [0.1, 0.15) is 30.4 Å². The third-order valence-electron chi connectivity index (χ3n) is 4.60. The van der Waals surface area contributed by atoms with E-state index in [9.17, 15) is 18.0 Å². The lowest BCUT2D eigenvalue weighted by Gasteiger charge is -2.24. The van der Waals surface area contributed by atoms with Crippen molar-refractivity contribution in [1.82, 2.24) is 5.32 Å². The van der Waals surface area contributed by atoms with Gasteiger partial charge in [-0.05, 0) is 102 Å². The molecule has 0 spiro atoms. The molecule has 0 saturated carbocycles. The van der Waals surface area contributed by atoms with Crippen LogP contribution < -0.4 is 5.32 Å².